The Morgan fingerprint density at radius 3 is 2.40 bits per heavy atom. The fraction of sp³-hybridized carbons (Fsp3) is 0.647. The highest BCUT2D eigenvalue weighted by Gasteiger charge is 2.45. The molecule has 0 aromatic rings. The van der Waals surface area contributed by atoms with Gasteiger partial charge in [0.25, 0.3) is 0 Å². The third-order valence-corrected chi connectivity index (χ3v) is 4.05. The van der Waals surface area contributed by atoms with Gasteiger partial charge in [-0.2, -0.15) is 0 Å². The van der Waals surface area contributed by atoms with Gasteiger partial charge in [-0.05, 0) is 34.1 Å². The number of esters is 1. The van der Waals surface area contributed by atoms with Crippen molar-refractivity contribution in [1.29, 1.82) is 0 Å². The molecule has 0 radical (unpaired) electrons. The van der Waals surface area contributed by atoms with E-state index in [1.165, 1.54) is 0 Å². The van der Waals surface area contributed by atoms with Crippen molar-refractivity contribution in [3.05, 3.63) is 24.8 Å². The molecule has 0 amide bonds. The third-order valence-electron chi connectivity index (χ3n) is 4.05. The predicted octanol–water partition coefficient (Wildman–Crippen LogP) is 3.69. The van der Waals surface area contributed by atoms with Crippen LogP contribution in [0.15, 0.2) is 24.8 Å². The molecular formula is C17H26O3. The van der Waals surface area contributed by atoms with Crippen molar-refractivity contribution >= 4 is 11.8 Å². The van der Waals surface area contributed by atoms with Gasteiger partial charge in [0.1, 0.15) is 11.9 Å². The van der Waals surface area contributed by atoms with Crippen molar-refractivity contribution in [3.63, 3.8) is 0 Å². The van der Waals surface area contributed by atoms with E-state index in [1.807, 2.05) is 34.6 Å². The minimum atomic E-state index is -0.553. The van der Waals surface area contributed by atoms with Crippen molar-refractivity contribution in [2.75, 3.05) is 0 Å². The molecule has 112 valence electrons. The molecule has 1 aliphatic rings. The summed E-state index contributed by atoms with van der Waals surface area (Å²) in [6.45, 7) is 16.9. The topological polar surface area (TPSA) is 43.4 Å². The van der Waals surface area contributed by atoms with E-state index in [9.17, 15) is 9.59 Å². The molecule has 0 spiro atoms. The number of ether oxygens (including phenoxy) is 1. The maximum Gasteiger partial charge on any atom is 0.311 e. The number of hydrogen-bond donors (Lipinski definition) is 0. The van der Waals surface area contributed by atoms with Crippen LogP contribution in [0.2, 0.25) is 0 Å². The summed E-state index contributed by atoms with van der Waals surface area (Å²) in [5.41, 5.74) is -0.218. The zero-order chi connectivity index (χ0) is 15.7. The number of ketones is 1. The van der Waals surface area contributed by atoms with Gasteiger partial charge in [0, 0.05) is 17.8 Å². The molecule has 1 saturated carbocycles. The summed E-state index contributed by atoms with van der Waals surface area (Å²) in [7, 11) is 0. The largest absolute Gasteiger partial charge is 0.461 e. The molecule has 0 aliphatic heterocycles. The van der Waals surface area contributed by atoms with Crippen LogP contribution < -0.4 is 0 Å². The first-order valence-corrected chi connectivity index (χ1v) is 7.04. The van der Waals surface area contributed by atoms with Gasteiger partial charge in [-0.3, -0.25) is 9.59 Å². The van der Waals surface area contributed by atoms with E-state index >= 15 is 0 Å². The molecule has 0 bridgehead atoms. The SMILES string of the molecule is C=C[C@]1(C)CC(=O)[C@H](C(=C)C)C[C@H]1OC(=O)C(C)(C)C. The molecule has 1 rings (SSSR count). The van der Waals surface area contributed by atoms with Crippen LogP contribution in [0.5, 0.6) is 0 Å². The van der Waals surface area contributed by atoms with Crippen LogP contribution in [-0.4, -0.2) is 17.9 Å². The first-order chi connectivity index (χ1) is 9.01. The van der Waals surface area contributed by atoms with Crippen LogP contribution in [0.1, 0.15) is 47.5 Å². The van der Waals surface area contributed by atoms with Gasteiger partial charge in [-0.25, -0.2) is 0 Å². The summed E-state index contributed by atoms with van der Waals surface area (Å²) < 4.78 is 5.69. The van der Waals surface area contributed by atoms with Gasteiger partial charge in [0.15, 0.2) is 0 Å². The molecule has 20 heavy (non-hydrogen) atoms. The van der Waals surface area contributed by atoms with Crippen molar-refractivity contribution in [2.45, 2.75) is 53.6 Å². The number of carbonyl (C=O) groups is 2. The van der Waals surface area contributed by atoms with Gasteiger partial charge < -0.3 is 4.74 Å². The molecule has 3 heteroatoms. The highest BCUT2D eigenvalue weighted by atomic mass is 16.5. The summed E-state index contributed by atoms with van der Waals surface area (Å²) in [6.07, 6.45) is 2.25. The normalized spacial score (nSPS) is 30.8. The van der Waals surface area contributed by atoms with Crippen LogP contribution in [0, 0.1) is 16.7 Å². The van der Waals surface area contributed by atoms with E-state index in [0.29, 0.717) is 12.8 Å². The number of carbonyl (C=O) groups excluding carboxylic acids is 2. The predicted molar refractivity (Wildman–Crippen MR) is 80.2 cm³/mol. The number of allylic oxidation sites excluding steroid dienone is 1. The lowest BCUT2D eigenvalue weighted by Gasteiger charge is -2.42. The average Bonchev–Trinajstić information content (AvgIpc) is 2.30. The summed E-state index contributed by atoms with van der Waals surface area (Å²) in [5.74, 6) is -0.311. The highest BCUT2D eigenvalue weighted by Crippen LogP contribution is 2.42. The van der Waals surface area contributed by atoms with Gasteiger partial charge in [-0.15, -0.1) is 6.58 Å². The number of Topliss-reactive ketones (excluding diaryl/α,β-unsaturated/α-hetero) is 1. The van der Waals surface area contributed by atoms with Crippen LogP contribution in [0.25, 0.3) is 0 Å². The van der Waals surface area contributed by atoms with Gasteiger partial charge in [0.05, 0.1) is 5.41 Å². The molecule has 0 heterocycles. The summed E-state index contributed by atoms with van der Waals surface area (Å²) in [4.78, 5) is 24.3. The molecular weight excluding hydrogens is 252 g/mol. The number of rotatable bonds is 3. The van der Waals surface area contributed by atoms with Crippen LogP contribution in [0.3, 0.4) is 0 Å². The van der Waals surface area contributed by atoms with E-state index in [1.54, 1.807) is 6.08 Å². The quantitative estimate of drug-likeness (QED) is 0.584. The zero-order valence-corrected chi connectivity index (χ0v) is 13.3. The second-order valence-electron chi connectivity index (χ2n) is 7.13. The summed E-state index contributed by atoms with van der Waals surface area (Å²) in [5, 5.41) is 0. The van der Waals surface area contributed by atoms with E-state index in [-0.39, 0.29) is 23.8 Å². The maximum absolute atomic E-state index is 12.2. The molecule has 3 nitrogen and oxygen atoms in total. The van der Waals surface area contributed by atoms with Crippen LogP contribution in [0.4, 0.5) is 0 Å². The fourth-order valence-electron chi connectivity index (χ4n) is 2.40. The first kappa shape index (κ1) is 16.7. The highest BCUT2D eigenvalue weighted by molar-refractivity contribution is 5.85. The Morgan fingerprint density at radius 2 is 2.00 bits per heavy atom. The Morgan fingerprint density at radius 1 is 1.45 bits per heavy atom. The Bertz CT molecular complexity index is 442. The lowest BCUT2D eigenvalue weighted by molar-refractivity contribution is -0.168. The summed E-state index contributed by atoms with van der Waals surface area (Å²) >= 11 is 0. The van der Waals surface area contributed by atoms with Crippen molar-refractivity contribution in [3.8, 4) is 0 Å². The van der Waals surface area contributed by atoms with Crippen molar-refractivity contribution < 1.29 is 14.3 Å². The van der Waals surface area contributed by atoms with Gasteiger partial charge in [0.2, 0.25) is 0 Å². The second kappa shape index (κ2) is 5.55. The van der Waals surface area contributed by atoms with E-state index in [0.717, 1.165) is 5.57 Å². The van der Waals surface area contributed by atoms with E-state index in [2.05, 4.69) is 13.2 Å². The second-order valence-corrected chi connectivity index (χ2v) is 7.13. The van der Waals surface area contributed by atoms with Crippen molar-refractivity contribution in [1.82, 2.24) is 0 Å². The standard InChI is InChI=1S/C17H26O3/c1-8-17(7)10-13(18)12(11(2)3)9-14(17)20-15(19)16(4,5)6/h8,12,14H,1-2,9-10H2,3-7H3/t12-,14+,17+/m0/s1. The van der Waals surface area contributed by atoms with E-state index in [4.69, 9.17) is 4.74 Å². The van der Waals surface area contributed by atoms with Crippen LogP contribution >= 0.6 is 0 Å². The molecule has 0 unspecified atom stereocenters. The lowest BCUT2D eigenvalue weighted by atomic mass is 9.67. The monoisotopic (exact) mass is 278 g/mol. The smallest absolute Gasteiger partial charge is 0.311 e. The molecule has 3 atom stereocenters. The van der Waals surface area contributed by atoms with Crippen molar-refractivity contribution in [2.24, 2.45) is 16.7 Å². The Labute approximate surface area is 122 Å². The minimum Gasteiger partial charge on any atom is -0.461 e. The Hall–Kier alpha value is -1.38. The molecule has 0 saturated heterocycles. The molecule has 0 aromatic carbocycles. The number of hydrogen-bond acceptors (Lipinski definition) is 3. The minimum absolute atomic E-state index is 0.156. The Balaban J connectivity index is 3.00. The summed E-state index contributed by atoms with van der Waals surface area (Å²) in [6, 6.07) is 0. The van der Waals surface area contributed by atoms with E-state index < -0.39 is 10.8 Å². The molecule has 1 aliphatic carbocycles. The van der Waals surface area contributed by atoms with Crippen LogP contribution in [-0.2, 0) is 14.3 Å². The lowest BCUT2D eigenvalue weighted by Crippen LogP contribution is -2.46. The molecule has 0 N–H and O–H groups in total. The maximum atomic E-state index is 12.2. The van der Waals surface area contributed by atoms with Gasteiger partial charge >= 0.3 is 5.97 Å². The van der Waals surface area contributed by atoms with Gasteiger partial charge in [-0.1, -0.05) is 25.2 Å². The first-order valence-electron chi connectivity index (χ1n) is 7.04. The fourth-order valence-corrected chi connectivity index (χ4v) is 2.40. The average molecular weight is 278 g/mol. The molecule has 1 fully saturated rings. The third kappa shape index (κ3) is 3.38. The Kier molecular flexibility index (Phi) is 4.62. The molecule has 0 aromatic heterocycles. The zero-order valence-electron chi connectivity index (χ0n) is 13.3.